The third-order valence-corrected chi connectivity index (χ3v) is 3.49. The fourth-order valence-corrected chi connectivity index (χ4v) is 2.24. The van der Waals surface area contributed by atoms with Gasteiger partial charge in [0.1, 0.15) is 11.6 Å². The van der Waals surface area contributed by atoms with E-state index in [0.29, 0.717) is 12.4 Å². The van der Waals surface area contributed by atoms with Gasteiger partial charge in [0.2, 0.25) is 0 Å². The van der Waals surface area contributed by atoms with Crippen molar-refractivity contribution in [2.24, 2.45) is 0 Å². The van der Waals surface area contributed by atoms with E-state index in [1.807, 2.05) is 0 Å². The lowest BCUT2D eigenvalue weighted by Crippen LogP contribution is -1.97. The van der Waals surface area contributed by atoms with Gasteiger partial charge >= 0.3 is 0 Å². The van der Waals surface area contributed by atoms with Crippen molar-refractivity contribution in [3.8, 4) is 29.0 Å². The fraction of sp³-hybridized carbons (Fsp3) is 0.100. The van der Waals surface area contributed by atoms with Gasteiger partial charge in [-0.25, -0.2) is 27.5 Å². The topological polar surface area (TPSA) is 35.0 Å². The summed E-state index contributed by atoms with van der Waals surface area (Å²) in [7, 11) is 0. The van der Waals surface area contributed by atoms with E-state index >= 15 is 0 Å². The number of rotatable bonds is 3. The third-order valence-electron chi connectivity index (χ3n) is 3.49. The van der Waals surface area contributed by atoms with E-state index in [2.05, 4.69) is 21.8 Å². The molecule has 27 heavy (non-hydrogen) atoms. The maximum absolute atomic E-state index is 14.3. The van der Waals surface area contributed by atoms with Gasteiger partial charge < -0.3 is 4.74 Å². The molecular formula is C20H12F4N2O. The van der Waals surface area contributed by atoms with Gasteiger partial charge in [-0.15, -0.1) is 0 Å². The minimum Gasteiger partial charge on any atom is -0.491 e. The average Bonchev–Trinajstić information content (AvgIpc) is 2.64. The molecule has 0 aliphatic rings. The summed E-state index contributed by atoms with van der Waals surface area (Å²) in [5.74, 6) is 1.31. The molecule has 136 valence electrons. The predicted octanol–water partition coefficient (Wildman–Crippen LogP) is 4.50. The van der Waals surface area contributed by atoms with Gasteiger partial charge in [-0.2, -0.15) is 0 Å². The first kappa shape index (κ1) is 18.4. The van der Waals surface area contributed by atoms with Crippen molar-refractivity contribution in [3.05, 3.63) is 77.1 Å². The van der Waals surface area contributed by atoms with E-state index in [1.165, 1.54) is 18.5 Å². The van der Waals surface area contributed by atoms with Crippen molar-refractivity contribution in [3.63, 3.8) is 0 Å². The molecule has 1 heterocycles. The Hall–Kier alpha value is -3.40. The highest BCUT2D eigenvalue weighted by molar-refractivity contribution is 5.58. The Bertz CT molecular complexity index is 1020. The molecule has 0 unspecified atom stereocenters. The maximum Gasteiger partial charge on any atom is 0.160 e. The molecule has 0 N–H and O–H groups in total. The van der Waals surface area contributed by atoms with E-state index in [9.17, 15) is 17.6 Å². The Labute approximate surface area is 152 Å². The molecular weight excluding hydrogens is 360 g/mol. The van der Waals surface area contributed by atoms with Crippen LogP contribution in [0.1, 0.15) is 18.1 Å². The number of hydrogen-bond donors (Lipinski definition) is 0. The van der Waals surface area contributed by atoms with Crippen LogP contribution in [0.3, 0.4) is 0 Å². The minimum absolute atomic E-state index is 0.0895. The Kier molecular flexibility index (Phi) is 5.36. The highest BCUT2D eigenvalue weighted by atomic mass is 19.2. The molecule has 0 radical (unpaired) electrons. The Morgan fingerprint density at radius 2 is 1.52 bits per heavy atom. The van der Waals surface area contributed by atoms with E-state index in [1.54, 1.807) is 6.92 Å². The average molecular weight is 372 g/mol. The quantitative estimate of drug-likeness (QED) is 0.502. The lowest BCUT2D eigenvalue weighted by atomic mass is 10.1. The number of hydrogen-bond acceptors (Lipinski definition) is 3. The van der Waals surface area contributed by atoms with Crippen LogP contribution in [0.25, 0.3) is 11.4 Å². The van der Waals surface area contributed by atoms with E-state index in [-0.39, 0.29) is 17.0 Å². The summed E-state index contributed by atoms with van der Waals surface area (Å²) < 4.78 is 59.9. The number of halogens is 4. The van der Waals surface area contributed by atoms with Crippen molar-refractivity contribution in [2.75, 3.05) is 6.61 Å². The fourth-order valence-electron chi connectivity index (χ4n) is 2.24. The first-order chi connectivity index (χ1) is 13.0. The van der Waals surface area contributed by atoms with Crippen molar-refractivity contribution in [2.45, 2.75) is 6.92 Å². The normalized spacial score (nSPS) is 10.3. The molecule has 7 heteroatoms. The lowest BCUT2D eigenvalue weighted by molar-refractivity contribution is 0.337. The van der Waals surface area contributed by atoms with Crippen molar-refractivity contribution < 1.29 is 22.3 Å². The Balaban J connectivity index is 1.91. The molecule has 0 saturated carbocycles. The van der Waals surface area contributed by atoms with Crippen LogP contribution in [-0.4, -0.2) is 16.6 Å². The van der Waals surface area contributed by atoms with Crippen molar-refractivity contribution in [1.82, 2.24) is 9.97 Å². The van der Waals surface area contributed by atoms with Gasteiger partial charge in [0.15, 0.2) is 23.2 Å². The summed E-state index contributed by atoms with van der Waals surface area (Å²) in [6.07, 6.45) is 2.80. The molecule has 0 aliphatic heterocycles. The number of aromatic nitrogens is 2. The summed E-state index contributed by atoms with van der Waals surface area (Å²) in [5.41, 5.74) is -0.271. The Morgan fingerprint density at radius 1 is 0.852 bits per heavy atom. The zero-order chi connectivity index (χ0) is 19.4. The lowest BCUT2D eigenvalue weighted by Gasteiger charge is -2.05. The Morgan fingerprint density at radius 3 is 2.11 bits per heavy atom. The molecule has 0 fully saturated rings. The molecule has 0 aliphatic carbocycles. The van der Waals surface area contributed by atoms with Gasteiger partial charge in [0, 0.05) is 11.1 Å². The van der Waals surface area contributed by atoms with Crippen LogP contribution in [0.4, 0.5) is 17.6 Å². The number of benzene rings is 2. The highest BCUT2D eigenvalue weighted by Crippen LogP contribution is 2.22. The molecule has 2 aromatic carbocycles. The maximum atomic E-state index is 14.3. The summed E-state index contributed by atoms with van der Waals surface area (Å²) in [4.78, 5) is 8.02. The summed E-state index contributed by atoms with van der Waals surface area (Å²) in [6, 6.07) is 5.05. The third kappa shape index (κ3) is 4.23. The largest absolute Gasteiger partial charge is 0.491 e. The van der Waals surface area contributed by atoms with Gasteiger partial charge in [0.05, 0.1) is 24.6 Å². The van der Waals surface area contributed by atoms with Gasteiger partial charge in [-0.3, -0.25) is 0 Å². The summed E-state index contributed by atoms with van der Waals surface area (Å²) >= 11 is 0. The van der Waals surface area contributed by atoms with Gasteiger partial charge in [0.25, 0.3) is 0 Å². The zero-order valence-corrected chi connectivity index (χ0v) is 14.1. The molecule has 0 atom stereocenters. The molecule has 0 spiro atoms. The summed E-state index contributed by atoms with van der Waals surface area (Å²) in [6.45, 7) is 2.25. The molecule has 3 rings (SSSR count). The molecule has 3 aromatic rings. The number of nitrogens with zero attached hydrogens (tertiary/aromatic N) is 2. The second kappa shape index (κ2) is 7.87. The first-order valence-electron chi connectivity index (χ1n) is 7.89. The smallest absolute Gasteiger partial charge is 0.160 e. The molecule has 0 saturated heterocycles. The molecule has 3 nitrogen and oxygen atoms in total. The van der Waals surface area contributed by atoms with Crippen LogP contribution < -0.4 is 4.74 Å². The van der Waals surface area contributed by atoms with Crippen LogP contribution in [-0.2, 0) is 0 Å². The van der Waals surface area contributed by atoms with Crippen LogP contribution in [0, 0.1) is 35.1 Å². The molecule has 1 aromatic heterocycles. The first-order valence-corrected chi connectivity index (χ1v) is 7.89. The standard InChI is InChI=1S/C20H12F4N2O/c1-2-27-14-10-25-20(26-11-14)13-8-17(22)15(18(23)9-13)5-3-12-4-6-16(21)19(24)7-12/h4,6-11H,2H2,1H3. The molecule has 0 bridgehead atoms. The van der Waals surface area contributed by atoms with Crippen molar-refractivity contribution in [1.29, 1.82) is 0 Å². The zero-order valence-electron chi connectivity index (χ0n) is 14.1. The minimum atomic E-state index is -1.09. The van der Waals surface area contributed by atoms with Gasteiger partial charge in [-0.05, 0) is 37.3 Å². The van der Waals surface area contributed by atoms with E-state index < -0.39 is 28.8 Å². The van der Waals surface area contributed by atoms with Crippen LogP contribution in [0.5, 0.6) is 5.75 Å². The monoisotopic (exact) mass is 372 g/mol. The summed E-state index contributed by atoms with van der Waals surface area (Å²) in [5, 5.41) is 0. The number of ether oxygens (including phenoxy) is 1. The SMILES string of the molecule is CCOc1cnc(-c2cc(F)c(C#Cc3ccc(F)c(F)c3)c(F)c2)nc1. The van der Waals surface area contributed by atoms with Gasteiger partial charge in [-0.1, -0.05) is 11.8 Å². The second-order valence-electron chi connectivity index (χ2n) is 5.37. The van der Waals surface area contributed by atoms with E-state index in [0.717, 1.165) is 24.3 Å². The van der Waals surface area contributed by atoms with Crippen LogP contribution in [0.2, 0.25) is 0 Å². The van der Waals surface area contributed by atoms with Crippen molar-refractivity contribution >= 4 is 0 Å². The van der Waals surface area contributed by atoms with E-state index in [4.69, 9.17) is 4.74 Å². The highest BCUT2D eigenvalue weighted by Gasteiger charge is 2.12. The predicted molar refractivity (Wildman–Crippen MR) is 90.9 cm³/mol. The van der Waals surface area contributed by atoms with Crippen LogP contribution in [0.15, 0.2) is 42.7 Å². The van der Waals surface area contributed by atoms with Crippen LogP contribution >= 0.6 is 0 Å². The molecule has 0 amide bonds. The second-order valence-corrected chi connectivity index (χ2v) is 5.37.